The SMILES string of the molecule is CO[C@@H]1C[C@@H](COc2cccnc2)N(c2nc(C3CC3)nc3ccccc23)C1. The Morgan fingerprint density at radius 3 is 2.79 bits per heavy atom. The molecule has 144 valence electrons. The molecule has 6 nitrogen and oxygen atoms in total. The molecule has 3 aromatic rings. The van der Waals surface area contributed by atoms with Crippen LogP contribution in [0.4, 0.5) is 5.82 Å². The maximum Gasteiger partial charge on any atom is 0.140 e. The molecule has 1 saturated carbocycles. The summed E-state index contributed by atoms with van der Waals surface area (Å²) in [4.78, 5) is 16.3. The predicted molar refractivity (Wildman–Crippen MR) is 108 cm³/mol. The number of aromatic nitrogens is 3. The molecule has 5 rings (SSSR count). The van der Waals surface area contributed by atoms with E-state index in [1.165, 1.54) is 12.8 Å². The molecule has 2 fully saturated rings. The van der Waals surface area contributed by atoms with Crippen molar-refractivity contribution in [3.8, 4) is 5.75 Å². The monoisotopic (exact) mass is 376 g/mol. The van der Waals surface area contributed by atoms with Crippen molar-refractivity contribution in [2.45, 2.75) is 37.3 Å². The van der Waals surface area contributed by atoms with Crippen molar-refractivity contribution in [3.05, 3.63) is 54.6 Å². The largest absolute Gasteiger partial charge is 0.490 e. The maximum absolute atomic E-state index is 6.03. The Balaban J connectivity index is 1.48. The van der Waals surface area contributed by atoms with Gasteiger partial charge in [-0.15, -0.1) is 0 Å². The number of ether oxygens (including phenoxy) is 2. The van der Waals surface area contributed by atoms with Crippen LogP contribution < -0.4 is 9.64 Å². The number of benzene rings is 1. The van der Waals surface area contributed by atoms with E-state index in [2.05, 4.69) is 28.1 Å². The first-order valence-corrected chi connectivity index (χ1v) is 9.91. The smallest absolute Gasteiger partial charge is 0.140 e. The van der Waals surface area contributed by atoms with E-state index >= 15 is 0 Å². The summed E-state index contributed by atoms with van der Waals surface area (Å²) in [7, 11) is 1.78. The van der Waals surface area contributed by atoms with Gasteiger partial charge in [0.2, 0.25) is 0 Å². The standard InChI is InChI=1S/C22H24N4O2/c1-27-18-11-16(14-28-17-5-4-10-23-12-17)26(13-18)22-19-6-2-3-7-20(19)24-21(25-22)15-8-9-15/h2-7,10,12,15-16,18H,8-9,11,13-14H2,1H3/t16-,18+/m0/s1. The summed E-state index contributed by atoms with van der Waals surface area (Å²) in [5.41, 5.74) is 1.02. The summed E-state index contributed by atoms with van der Waals surface area (Å²) in [6.45, 7) is 1.38. The summed E-state index contributed by atoms with van der Waals surface area (Å²) >= 11 is 0. The highest BCUT2D eigenvalue weighted by molar-refractivity contribution is 5.90. The normalized spacial score (nSPS) is 22.0. The zero-order valence-electron chi connectivity index (χ0n) is 16.0. The maximum atomic E-state index is 6.03. The Bertz CT molecular complexity index is 961. The number of methoxy groups -OCH3 is 1. The van der Waals surface area contributed by atoms with Crippen molar-refractivity contribution in [3.63, 3.8) is 0 Å². The highest BCUT2D eigenvalue weighted by atomic mass is 16.5. The molecule has 1 aliphatic heterocycles. The van der Waals surface area contributed by atoms with E-state index in [-0.39, 0.29) is 12.1 Å². The first kappa shape index (κ1) is 17.4. The molecule has 0 radical (unpaired) electrons. The van der Waals surface area contributed by atoms with E-state index in [0.29, 0.717) is 12.5 Å². The molecule has 0 N–H and O–H groups in total. The number of hydrogen-bond donors (Lipinski definition) is 0. The second kappa shape index (κ2) is 7.36. The average molecular weight is 376 g/mol. The lowest BCUT2D eigenvalue weighted by Crippen LogP contribution is -2.35. The number of nitrogens with zero attached hydrogens (tertiary/aromatic N) is 4. The van der Waals surface area contributed by atoms with Crippen LogP contribution in [0.2, 0.25) is 0 Å². The van der Waals surface area contributed by atoms with E-state index < -0.39 is 0 Å². The number of anilines is 1. The lowest BCUT2D eigenvalue weighted by Gasteiger charge is -2.27. The van der Waals surface area contributed by atoms with Crippen LogP contribution >= 0.6 is 0 Å². The first-order chi connectivity index (χ1) is 13.8. The van der Waals surface area contributed by atoms with Gasteiger partial charge in [0.05, 0.1) is 23.9 Å². The molecule has 0 bridgehead atoms. The van der Waals surface area contributed by atoms with E-state index in [4.69, 9.17) is 19.4 Å². The molecule has 2 atom stereocenters. The van der Waals surface area contributed by atoms with Crippen molar-refractivity contribution in [2.24, 2.45) is 0 Å². The lowest BCUT2D eigenvalue weighted by atomic mass is 10.2. The molecule has 0 amide bonds. The fraction of sp³-hybridized carbons (Fsp3) is 0.409. The number of para-hydroxylation sites is 1. The van der Waals surface area contributed by atoms with E-state index in [1.54, 1.807) is 19.5 Å². The van der Waals surface area contributed by atoms with Gasteiger partial charge in [-0.3, -0.25) is 4.98 Å². The van der Waals surface area contributed by atoms with Gasteiger partial charge in [0, 0.05) is 31.2 Å². The molecule has 0 spiro atoms. The van der Waals surface area contributed by atoms with Gasteiger partial charge < -0.3 is 14.4 Å². The minimum absolute atomic E-state index is 0.167. The third kappa shape index (κ3) is 3.40. The van der Waals surface area contributed by atoms with Crippen LogP contribution in [0.15, 0.2) is 48.8 Å². The number of fused-ring (bicyclic) bond motifs is 1. The molecule has 1 aliphatic carbocycles. The van der Waals surface area contributed by atoms with Crippen LogP contribution in [0.3, 0.4) is 0 Å². The summed E-state index contributed by atoms with van der Waals surface area (Å²) in [5.74, 6) is 3.28. The van der Waals surface area contributed by atoms with Gasteiger partial charge in [0.15, 0.2) is 0 Å². The van der Waals surface area contributed by atoms with Crippen molar-refractivity contribution in [1.29, 1.82) is 0 Å². The van der Waals surface area contributed by atoms with E-state index in [9.17, 15) is 0 Å². The van der Waals surface area contributed by atoms with Crippen molar-refractivity contribution in [1.82, 2.24) is 15.0 Å². The molecular formula is C22H24N4O2. The Morgan fingerprint density at radius 2 is 2.00 bits per heavy atom. The molecule has 2 aliphatic rings. The summed E-state index contributed by atoms with van der Waals surface area (Å²) in [5, 5.41) is 1.09. The van der Waals surface area contributed by atoms with Crippen LogP contribution in [0.5, 0.6) is 5.75 Å². The fourth-order valence-electron chi connectivity index (χ4n) is 3.91. The van der Waals surface area contributed by atoms with Gasteiger partial charge >= 0.3 is 0 Å². The lowest BCUT2D eigenvalue weighted by molar-refractivity contribution is 0.115. The minimum atomic E-state index is 0.167. The molecule has 28 heavy (non-hydrogen) atoms. The first-order valence-electron chi connectivity index (χ1n) is 9.91. The van der Waals surface area contributed by atoms with Crippen LogP contribution in [0.1, 0.15) is 31.0 Å². The van der Waals surface area contributed by atoms with Gasteiger partial charge in [0.1, 0.15) is 24.0 Å². The second-order valence-corrected chi connectivity index (χ2v) is 7.60. The highest BCUT2D eigenvalue weighted by Crippen LogP contribution is 2.40. The third-order valence-corrected chi connectivity index (χ3v) is 5.60. The molecule has 1 saturated heterocycles. The summed E-state index contributed by atoms with van der Waals surface area (Å²) < 4.78 is 11.7. The number of pyridine rings is 1. The number of hydrogen-bond acceptors (Lipinski definition) is 6. The predicted octanol–water partition coefficient (Wildman–Crippen LogP) is 3.57. The van der Waals surface area contributed by atoms with Gasteiger partial charge in [0.25, 0.3) is 0 Å². The molecule has 6 heteroatoms. The minimum Gasteiger partial charge on any atom is -0.490 e. The Labute approximate surface area is 164 Å². The zero-order chi connectivity index (χ0) is 18.9. The van der Waals surface area contributed by atoms with Crippen LogP contribution in [-0.4, -0.2) is 47.4 Å². The molecule has 1 aromatic carbocycles. The number of rotatable bonds is 6. The quantitative estimate of drug-likeness (QED) is 0.655. The molecule has 2 aromatic heterocycles. The topological polar surface area (TPSA) is 60.4 Å². The second-order valence-electron chi connectivity index (χ2n) is 7.60. The van der Waals surface area contributed by atoms with Crippen LogP contribution in [0.25, 0.3) is 10.9 Å². The molecule has 0 unspecified atom stereocenters. The summed E-state index contributed by atoms with van der Waals surface area (Å²) in [6.07, 6.45) is 6.95. The van der Waals surface area contributed by atoms with Crippen LogP contribution in [0, 0.1) is 0 Å². The van der Waals surface area contributed by atoms with Crippen molar-refractivity contribution >= 4 is 16.7 Å². The average Bonchev–Trinajstić information content (AvgIpc) is 3.52. The molecular weight excluding hydrogens is 352 g/mol. The van der Waals surface area contributed by atoms with Gasteiger partial charge in [-0.1, -0.05) is 12.1 Å². The van der Waals surface area contributed by atoms with Gasteiger partial charge in [-0.05, 0) is 43.5 Å². The molecule has 3 heterocycles. The highest BCUT2D eigenvalue weighted by Gasteiger charge is 2.36. The van der Waals surface area contributed by atoms with Crippen molar-refractivity contribution < 1.29 is 9.47 Å². The van der Waals surface area contributed by atoms with Gasteiger partial charge in [-0.2, -0.15) is 0 Å². The Hall–Kier alpha value is -2.73. The Kier molecular flexibility index (Phi) is 4.56. The van der Waals surface area contributed by atoms with E-state index in [1.807, 2.05) is 18.2 Å². The Morgan fingerprint density at radius 1 is 1.11 bits per heavy atom. The van der Waals surface area contributed by atoms with E-state index in [0.717, 1.165) is 41.3 Å². The van der Waals surface area contributed by atoms with Crippen molar-refractivity contribution in [2.75, 3.05) is 25.2 Å². The zero-order valence-corrected chi connectivity index (χ0v) is 16.0. The van der Waals surface area contributed by atoms with Gasteiger partial charge in [-0.25, -0.2) is 9.97 Å². The summed E-state index contributed by atoms with van der Waals surface area (Å²) in [6, 6.07) is 12.3. The third-order valence-electron chi connectivity index (χ3n) is 5.60. The fourth-order valence-corrected chi connectivity index (χ4v) is 3.91. The van der Waals surface area contributed by atoms with Crippen LogP contribution in [-0.2, 0) is 4.74 Å².